The van der Waals surface area contributed by atoms with Gasteiger partial charge in [-0.05, 0) is 0 Å². The molecule has 0 aromatic rings. The van der Waals surface area contributed by atoms with Crippen molar-refractivity contribution in [3.8, 4) is 0 Å². The molecule has 2 fully saturated rings. The van der Waals surface area contributed by atoms with Gasteiger partial charge in [0.15, 0.2) is 6.29 Å². The van der Waals surface area contributed by atoms with Crippen molar-refractivity contribution in [3.05, 3.63) is 0 Å². The highest BCUT2D eigenvalue weighted by molar-refractivity contribution is 5.00. The zero-order valence-electron chi connectivity index (χ0n) is 11.9. The first kappa shape index (κ1) is 18.9. The lowest BCUT2D eigenvalue weighted by atomic mass is 9.84. The Kier molecular flexibility index (Phi) is 5.92. The van der Waals surface area contributed by atoms with Crippen molar-refractivity contribution < 1.29 is 55.4 Å². The Morgan fingerprint density at radius 3 is 1.52 bits per heavy atom. The lowest BCUT2D eigenvalue weighted by Crippen LogP contribution is -2.67. The molecule has 11 nitrogen and oxygen atoms in total. The molecule has 2 aliphatic rings. The Hall–Kier alpha value is -0.440. The average Bonchev–Trinajstić information content (AvgIpc) is 2.54. The molecular formula is C12H22O11. The molecule has 1 saturated heterocycles. The normalized spacial score (nSPS) is 54.9. The van der Waals surface area contributed by atoms with Crippen LogP contribution in [0.15, 0.2) is 0 Å². The van der Waals surface area contributed by atoms with Crippen LogP contribution >= 0.6 is 0 Å². The second-order valence-electron chi connectivity index (χ2n) is 5.75. The van der Waals surface area contributed by atoms with E-state index in [9.17, 15) is 40.9 Å². The van der Waals surface area contributed by atoms with Gasteiger partial charge in [0.2, 0.25) is 0 Å². The molecule has 0 radical (unpaired) electrons. The van der Waals surface area contributed by atoms with Crippen LogP contribution in [0.5, 0.6) is 0 Å². The summed E-state index contributed by atoms with van der Waals surface area (Å²) in [6.07, 6.45) is -18.9. The molecule has 6 unspecified atom stereocenters. The van der Waals surface area contributed by atoms with Gasteiger partial charge in [-0.25, -0.2) is 0 Å². The van der Waals surface area contributed by atoms with Gasteiger partial charge >= 0.3 is 0 Å². The molecule has 1 aliphatic heterocycles. The molecule has 1 aliphatic carbocycles. The van der Waals surface area contributed by atoms with Crippen LogP contribution in [0, 0.1) is 0 Å². The third-order valence-electron chi connectivity index (χ3n) is 4.21. The van der Waals surface area contributed by atoms with Crippen LogP contribution in [-0.2, 0) is 9.47 Å². The minimum absolute atomic E-state index is 0.704. The number of rotatable bonds is 3. The second kappa shape index (κ2) is 7.21. The Morgan fingerprint density at radius 1 is 0.609 bits per heavy atom. The predicted octanol–water partition coefficient (Wildman–Crippen LogP) is -6.01. The summed E-state index contributed by atoms with van der Waals surface area (Å²) < 4.78 is 10.2. The van der Waals surface area contributed by atoms with Crippen molar-refractivity contribution in [2.45, 2.75) is 67.3 Å². The van der Waals surface area contributed by atoms with Gasteiger partial charge in [-0.15, -0.1) is 0 Å². The van der Waals surface area contributed by atoms with Gasteiger partial charge in [0, 0.05) is 0 Å². The predicted molar refractivity (Wildman–Crippen MR) is 68.7 cm³/mol. The van der Waals surface area contributed by atoms with Crippen molar-refractivity contribution in [1.29, 1.82) is 0 Å². The first-order chi connectivity index (χ1) is 10.7. The van der Waals surface area contributed by atoms with Crippen LogP contribution in [0.25, 0.3) is 0 Å². The molecule has 1 saturated carbocycles. The highest BCUT2D eigenvalue weighted by atomic mass is 16.7. The number of ether oxygens (including phenoxy) is 2. The Morgan fingerprint density at radius 2 is 1.04 bits per heavy atom. The molecule has 0 amide bonds. The van der Waals surface area contributed by atoms with Gasteiger partial charge < -0.3 is 55.4 Å². The SMILES string of the molecule is OCC1O[C@@H](O[C@@H]2C(O)C(O)[C@@H](O)[C@@H](O)C2O)C(O)C(O)[C@@H]1O. The Balaban J connectivity index is 2.13. The average molecular weight is 342 g/mol. The van der Waals surface area contributed by atoms with Crippen LogP contribution in [0.3, 0.4) is 0 Å². The standard InChI is InChI=1S/C12H22O11/c13-1-2-3(14)4(15)10(21)12(22-2)23-11-8(19)6(17)5(16)7(18)9(11)20/h2-21H,1H2/t2?,3-,4?,5-,6?,7-,8?,9?,10?,11-,12+/m1/s1. The molecule has 0 bridgehead atoms. The topological polar surface area (TPSA) is 201 Å². The van der Waals surface area contributed by atoms with E-state index in [1.165, 1.54) is 0 Å². The zero-order chi connectivity index (χ0) is 17.5. The van der Waals surface area contributed by atoms with Crippen LogP contribution < -0.4 is 0 Å². The summed E-state index contributed by atoms with van der Waals surface area (Å²) in [5.41, 5.74) is 0. The lowest BCUT2D eigenvalue weighted by Gasteiger charge is -2.45. The number of hydrogen-bond acceptors (Lipinski definition) is 11. The number of aliphatic hydroxyl groups excluding tert-OH is 9. The fourth-order valence-corrected chi connectivity index (χ4v) is 2.69. The highest BCUT2D eigenvalue weighted by Gasteiger charge is 2.52. The molecule has 1 heterocycles. The molecule has 136 valence electrons. The van der Waals surface area contributed by atoms with E-state index < -0.39 is 73.9 Å². The van der Waals surface area contributed by atoms with Crippen LogP contribution in [-0.4, -0.2) is 120 Å². The quantitative estimate of drug-likeness (QED) is 0.236. The van der Waals surface area contributed by atoms with E-state index in [4.69, 9.17) is 14.6 Å². The number of hydrogen-bond donors (Lipinski definition) is 9. The summed E-state index contributed by atoms with van der Waals surface area (Å²) in [5.74, 6) is 0. The molecule has 9 N–H and O–H groups in total. The third-order valence-corrected chi connectivity index (χ3v) is 4.21. The molecule has 23 heavy (non-hydrogen) atoms. The van der Waals surface area contributed by atoms with Crippen molar-refractivity contribution in [2.75, 3.05) is 6.61 Å². The largest absolute Gasteiger partial charge is 0.394 e. The number of aliphatic hydroxyl groups is 9. The van der Waals surface area contributed by atoms with E-state index in [1.54, 1.807) is 0 Å². The van der Waals surface area contributed by atoms with Crippen molar-refractivity contribution in [1.82, 2.24) is 0 Å². The molecule has 11 atom stereocenters. The molecule has 2 rings (SSSR count). The third kappa shape index (κ3) is 3.36. The summed E-state index contributed by atoms with van der Waals surface area (Å²) in [5, 5.41) is 86.6. The fourth-order valence-electron chi connectivity index (χ4n) is 2.69. The second-order valence-corrected chi connectivity index (χ2v) is 5.75. The lowest BCUT2D eigenvalue weighted by molar-refractivity contribution is -0.339. The molecule has 0 aromatic carbocycles. The van der Waals surface area contributed by atoms with Crippen molar-refractivity contribution in [3.63, 3.8) is 0 Å². The summed E-state index contributed by atoms with van der Waals surface area (Å²) in [6, 6.07) is 0. The summed E-state index contributed by atoms with van der Waals surface area (Å²) in [6.45, 7) is -0.704. The Bertz CT molecular complexity index is 377. The minimum atomic E-state index is -1.83. The maximum absolute atomic E-state index is 9.85. The van der Waals surface area contributed by atoms with Gasteiger partial charge in [0.05, 0.1) is 6.61 Å². The smallest absolute Gasteiger partial charge is 0.187 e. The van der Waals surface area contributed by atoms with E-state index >= 15 is 0 Å². The summed E-state index contributed by atoms with van der Waals surface area (Å²) >= 11 is 0. The molecule has 0 spiro atoms. The van der Waals surface area contributed by atoms with Crippen LogP contribution in [0.2, 0.25) is 0 Å². The molecule has 11 heteroatoms. The maximum Gasteiger partial charge on any atom is 0.187 e. The van der Waals surface area contributed by atoms with E-state index in [0.29, 0.717) is 0 Å². The Labute approximate surface area is 130 Å². The van der Waals surface area contributed by atoms with Crippen molar-refractivity contribution in [2.24, 2.45) is 0 Å². The van der Waals surface area contributed by atoms with E-state index in [-0.39, 0.29) is 0 Å². The monoisotopic (exact) mass is 342 g/mol. The van der Waals surface area contributed by atoms with E-state index in [1.807, 2.05) is 0 Å². The van der Waals surface area contributed by atoms with Gasteiger partial charge in [-0.2, -0.15) is 0 Å². The summed E-state index contributed by atoms with van der Waals surface area (Å²) in [4.78, 5) is 0. The van der Waals surface area contributed by atoms with Gasteiger partial charge in [0.1, 0.15) is 61.0 Å². The van der Waals surface area contributed by atoms with Crippen LogP contribution in [0.1, 0.15) is 0 Å². The first-order valence-corrected chi connectivity index (χ1v) is 7.07. The van der Waals surface area contributed by atoms with Crippen LogP contribution in [0.4, 0.5) is 0 Å². The highest BCUT2D eigenvalue weighted by Crippen LogP contribution is 2.29. The fraction of sp³-hybridized carbons (Fsp3) is 1.00. The van der Waals surface area contributed by atoms with Gasteiger partial charge in [-0.3, -0.25) is 0 Å². The van der Waals surface area contributed by atoms with Crippen molar-refractivity contribution >= 4 is 0 Å². The minimum Gasteiger partial charge on any atom is -0.394 e. The molecular weight excluding hydrogens is 320 g/mol. The molecule has 0 aromatic heterocycles. The van der Waals surface area contributed by atoms with Gasteiger partial charge in [-0.1, -0.05) is 0 Å². The maximum atomic E-state index is 9.85. The summed E-state index contributed by atoms with van der Waals surface area (Å²) in [7, 11) is 0. The van der Waals surface area contributed by atoms with E-state index in [0.717, 1.165) is 0 Å². The zero-order valence-corrected chi connectivity index (χ0v) is 11.9. The first-order valence-electron chi connectivity index (χ1n) is 7.07. The van der Waals surface area contributed by atoms with E-state index in [2.05, 4.69) is 0 Å². The van der Waals surface area contributed by atoms with Gasteiger partial charge in [0.25, 0.3) is 0 Å².